The first kappa shape index (κ1) is 33.0. The Labute approximate surface area is 264 Å². The van der Waals surface area contributed by atoms with Gasteiger partial charge in [0, 0.05) is 45.3 Å². The number of carbonyl (C=O) groups is 2. The SMILES string of the molecule is C/C(=C\c1cc(F)c2nnn(C3CCOCC3)c2c1)[C@H]1OC(=O)C[C@H](O)CC[C@H](C)[C@H](OC(=O)N2CCN(C)CC2)/C=C/[C@@H]1C. The highest BCUT2D eigenvalue weighted by atomic mass is 19.1. The van der Waals surface area contributed by atoms with E-state index in [1.807, 2.05) is 52.1 Å². The largest absolute Gasteiger partial charge is 0.457 e. The number of halogens is 1. The number of carbonyl (C=O) groups excluding carboxylic acids is 2. The Kier molecular flexibility index (Phi) is 10.9. The lowest BCUT2D eigenvalue weighted by Crippen LogP contribution is -2.48. The Morgan fingerprint density at radius 1 is 1.09 bits per heavy atom. The third kappa shape index (κ3) is 8.28. The molecule has 1 N–H and O–H groups in total. The highest BCUT2D eigenvalue weighted by molar-refractivity contribution is 5.79. The second-order valence-corrected chi connectivity index (χ2v) is 12.8. The van der Waals surface area contributed by atoms with Gasteiger partial charge in [-0.15, -0.1) is 5.10 Å². The Balaban J connectivity index is 1.40. The molecule has 0 bridgehead atoms. The van der Waals surface area contributed by atoms with E-state index in [9.17, 15) is 14.7 Å². The van der Waals surface area contributed by atoms with Crippen LogP contribution in [-0.2, 0) is 19.0 Å². The van der Waals surface area contributed by atoms with Crippen molar-refractivity contribution in [3.8, 4) is 0 Å². The van der Waals surface area contributed by atoms with E-state index in [1.165, 1.54) is 6.07 Å². The molecular weight excluding hydrogens is 581 g/mol. The molecule has 5 rings (SSSR count). The molecule has 0 unspecified atom stereocenters. The van der Waals surface area contributed by atoms with Gasteiger partial charge in [0.1, 0.15) is 17.7 Å². The number of aliphatic hydroxyl groups is 1. The van der Waals surface area contributed by atoms with Crippen LogP contribution in [0.15, 0.2) is 29.9 Å². The standard InChI is InChI=1S/C33H46FN5O6/c1-21-5-7-26(40)20-30(41)45-32(22(2)6-8-29(21)44-33(42)38-13-11-37(4)12-14-38)23(3)17-24-18-27(34)31-28(19-24)39(36-35-31)25-9-15-43-16-10-25/h6,8,17-19,21-22,25-26,29,32,40H,5,7,9-16,20H2,1-4H3/b8-6+,23-17+/t21-,22-,26+,29+,32-/m0/s1. The number of rotatable bonds is 4. The van der Waals surface area contributed by atoms with Gasteiger partial charge in [-0.2, -0.15) is 0 Å². The number of piperazine rings is 1. The average molecular weight is 628 g/mol. The van der Waals surface area contributed by atoms with Crippen LogP contribution in [0.3, 0.4) is 0 Å². The molecule has 4 heterocycles. The maximum Gasteiger partial charge on any atom is 0.410 e. The molecule has 0 radical (unpaired) electrons. The number of aliphatic hydroxyl groups excluding tert-OH is 1. The van der Waals surface area contributed by atoms with Crippen molar-refractivity contribution in [2.45, 2.75) is 77.2 Å². The van der Waals surface area contributed by atoms with Crippen LogP contribution >= 0.6 is 0 Å². The molecule has 12 heteroatoms. The van der Waals surface area contributed by atoms with E-state index < -0.39 is 30.1 Å². The molecule has 45 heavy (non-hydrogen) atoms. The number of aromatic nitrogens is 3. The third-order valence-corrected chi connectivity index (χ3v) is 9.19. The lowest BCUT2D eigenvalue weighted by atomic mass is 9.91. The van der Waals surface area contributed by atoms with Crippen molar-refractivity contribution >= 4 is 29.2 Å². The van der Waals surface area contributed by atoms with Gasteiger partial charge in [0.15, 0.2) is 5.82 Å². The van der Waals surface area contributed by atoms with Crippen molar-refractivity contribution in [3.63, 3.8) is 0 Å². The van der Waals surface area contributed by atoms with Gasteiger partial charge in [0.25, 0.3) is 0 Å². The second-order valence-electron chi connectivity index (χ2n) is 12.8. The third-order valence-electron chi connectivity index (χ3n) is 9.19. The number of fused-ring (bicyclic) bond motifs is 1. The molecular formula is C33H46FN5O6. The summed E-state index contributed by atoms with van der Waals surface area (Å²) in [6.07, 6.45) is 5.51. The quantitative estimate of drug-likeness (QED) is 0.390. The van der Waals surface area contributed by atoms with Crippen LogP contribution in [0.25, 0.3) is 17.1 Å². The summed E-state index contributed by atoms with van der Waals surface area (Å²) in [5.41, 5.74) is 2.12. The van der Waals surface area contributed by atoms with Crippen molar-refractivity contribution in [1.29, 1.82) is 0 Å². The molecule has 2 aromatic rings. The highest BCUT2D eigenvalue weighted by Gasteiger charge is 2.29. The molecule has 0 spiro atoms. The average Bonchev–Trinajstić information content (AvgIpc) is 3.45. The summed E-state index contributed by atoms with van der Waals surface area (Å²) in [5, 5.41) is 19.0. The molecule has 3 aliphatic heterocycles. The van der Waals surface area contributed by atoms with Crippen LogP contribution in [0, 0.1) is 17.7 Å². The van der Waals surface area contributed by atoms with Crippen LogP contribution < -0.4 is 0 Å². The maximum atomic E-state index is 15.2. The van der Waals surface area contributed by atoms with Crippen LogP contribution in [0.5, 0.6) is 0 Å². The normalized spacial score (nSPS) is 29.1. The van der Waals surface area contributed by atoms with Crippen molar-refractivity contribution in [3.05, 3.63) is 41.2 Å². The van der Waals surface area contributed by atoms with E-state index in [4.69, 9.17) is 14.2 Å². The first-order valence-corrected chi connectivity index (χ1v) is 16.1. The summed E-state index contributed by atoms with van der Waals surface area (Å²) >= 11 is 0. The van der Waals surface area contributed by atoms with Crippen LogP contribution in [0.1, 0.15) is 64.5 Å². The predicted molar refractivity (Wildman–Crippen MR) is 167 cm³/mol. The molecule has 246 valence electrons. The van der Waals surface area contributed by atoms with E-state index in [0.717, 1.165) is 25.9 Å². The van der Waals surface area contributed by atoms with Gasteiger partial charge >= 0.3 is 12.1 Å². The summed E-state index contributed by atoms with van der Waals surface area (Å²) in [7, 11) is 2.03. The molecule has 2 saturated heterocycles. The second kappa shape index (κ2) is 14.8. The Bertz CT molecular complexity index is 1400. The Hall–Kier alpha value is -3.35. The van der Waals surface area contributed by atoms with Crippen LogP contribution in [0.2, 0.25) is 0 Å². The fourth-order valence-corrected chi connectivity index (χ4v) is 6.28. The van der Waals surface area contributed by atoms with Crippen molar-refractivity contribution < 1.29 is 33.3 Å². The van der Waals surface area contributed by atoms with E-state index in [-0.39, 0.29) is 35.9 Å². The number of amides is 1. The minimum absolute atomic E-state index is 0.0751. The van der Waals surface area contributed by atoms with Gasteiger partial charge in [0.05, 0.1) is 24.1 Å². The summed E-state index contributed by atoms with van der Waals surface area (Å²) < 4.78 is 34.4. The van der Waals surface area contributed by atoms with Crippen molar-refractivity contribution in [1.82, 2.24) is 24.8 Å². The summed E-state index contributed by atoms with van der Waals surface area (Å²) in [5.74, 6) is -1.36. The molecule has 3 aliphatic rings. The summed E-state index contributed by atoms with van der Waals surface area (Å²) in [6, 6.07) is 3.34. The molecule has 5 atom stereocenters. The van der Waals surface area contributed by atoms with E-state index in [2.05, 4.69) is 15.2 Å². The number of likely N-dealkylation sites (N-methyl/N-ethyl adjacent to an activating group) is 1. The molecule has 2 fully saturated rings. The number of benzene rings is 1. The fourth-order valence-electron chi connectivity index (χ4n) is 6.28. The lowest BCUT2D eigenvalue weighted by Gasteiger charge is -2.33. The Morgan fingerprint density at radius 3 is 2.56 bits per heavy atom. The molecule has 1 amide bonds. The van der Waals surface area contributed by atoms with Crippen LogP contribution in [-0.4, -0.2) is 107 Å². The van der Waals surface area contributed by atoms with Crippen molar-refractivity contribution in [2.75, 3.05) is 46.4 Å². The fraction of sp³-hybridized carbons (Fsp3) is 0.636. The van der Waals surface area contributed by atoms with Gasteiger partial charge < -0.3 is 29.1 Å². The number of hydrogen-bond donors (Lipinski definition) is 1. The lowest BCUT2D eigenvalue weighted by molar-refractivity contribution is -0.151. The highest BCUT2D eigenvalue weighted by Crippen LogP contribution is 2.29. The van der Waals surface area contributed by atoms with Gasteiger partial charge in [0.2, 0.25) is 0 Å². The zero-order valence-corrected chi connectivity index (χ0v) is 26.7. The number of hydrogen-bond acceptors (Lipinski definition) is 9. The number of nitrogens with zero attached hydrogens (tertiary/aromatic N) is 5. The van der Waals surface area contributed by atoms with Gasteiger partial charge in [-0.1, -0.05) is 31.2 Å². The Morgan fingerprint density at radius 2 is 1.82 bits per heavy atom. The minimum atomic E-state index is -0.882. The van der Waals surface area contributed by atoms with Gasteiger partial charge in [-0.25, -0.2) is 13.9 Å². The van der Waals surface area contributed by atoms with E-state index in [1.54, 1.807) is 9.58 Å². The van der Waals surface area contributed by atoms with Gasteiger partial charge in [-0.3, -0.25) is 4.79 Å². The number of cyclic esters (lactones) is 1. The van der Waals surface area contributed by atoms with Crippen LogP contribution in [0.4, 0.5) is 9.18 Å². The topological polar surface area (TPSA) is 119 Å². The minimum Gasteiger partial charge on any atom is -0.457 e. The molecule has 0 aliphatic carbocycles. The first-order chi connectivity index (χ1) is 21.6. The zero-order chi connectivity index (χ0) is 32.1. The molecule has 0 saturated carbocycles. The molecule has 1 aromatic heterocycles. The van der Waals surface area contributed by atoms with E-state index in [0.29, 0.717) is 55.8 Å². The molecule has 11 nitrogen and oxygen atoms in total. The molecule has 1 aromatic carbocycles. The summed E-state index contributed by atoms with van der Waals surface area (Å²) in [4.78, 5) is 29.9. The van der Waals surface area contributed by atoms with Crippen molar-refractivity contribution in [2.24, 2.45) is 11.8 Å². The maximum absolute atomic E-state index is 15.2. The van der Waals surface area contributed by atoms with E-state index >= 15 is 4.39 Å². The predicted octanol–water partition coefficient (Wildman–Crippen LogP) is 4.36. The summed E-state index contributed by atoms with van der Waals surface area (Å²) in [6.45, 7) is 9.78. The first-order valence-electron chi connectivity index (χ1n) is 16.1. The number of ether oxygens (including phenoxy) is 3. The monoisotopic (exact) mass is 627 g/mol. The van der Waals surface area contributed by atoms with Gasteiger partial charge in [-0.05, 0) is 74.9 Å². The zero-order valence-electron chi connectivity index (χ0n) is 26.7. The smallest absolute Gasteiger partial charge is 0.410 e. The number of esters is 1.